The highest BCUT2D eigenvalue weighted by Gasteiger charge is 2.27. The molecule has 0 radical (unpaired) electrons. The molecule has 1 aromatic carbocycles. The van der Waals surface area contributed by atoms with E-state index >= 15 is 0 Å². The molecule has 8 heteroatoms. The number of aromatic carboxylic acids is 1. The van der Waals surface area contributed by atoms with Crippen LogP contribution in [0.25, 0.3) is 0 Å². The first-order valence-corrected chi connectivity index (χ1v) is 8.61. The number of carboxylic acid groups (broad SMARTS) is 1. The molecule has 2 aromatic rings. The van der Waals surface area contributed by atoms with E-state index in [1.54, 1.807) is 0 Å². The van der Waals surface area contributed by atoms with Gasteiger partial charge in [0, 0.05) is 11.6 Å². The summed E-state index contributed by atoms with van der Waals surface area (Å²) in [5.74, 6) is -1.25. The van der Waals surface area contributed by atoms with Gasteiger partial charge in [-0.15, -0.1) is 5.10 Å². The summed E-state index contributed by atoms with van der Waals surface area (Å²) in [4.78, 5) is 25.6. The smallest absolute Gasteiger partial charge is 0.358 e. The summed E-state index contributed by atoms with van der Waals surface area (Å²) in [7, 11) is 0. The molecule has 1 unspecified atom stereocenters. The molecule has 132 valence electrons. The maximum atomic E-state index is 12.8. The van der Waals surface area contributed by atoms with Crippen molar-refractivity contribution in [3.05, 3.63) is 46.7 Å². The number of carboxylic acids is 1. The molecule has 25 heavy (non-hydrogen) atoms. The second kappa shape index (κ2) is 7.65. The van der Waals surface area contributed by atoms with Crippen molar-refractivity contribution in [2.45, 2.75) is 38.3 Å². The fourth-order valence-electron chi connectivity index (χ4n) is 3.14. The molecular weight excluding hydrogens is 344 g/mol. The van der Waals surface area contributed by atoms with Crippen molar-refractivity contribution in [2.75, 3.05) is 6.54 Å². The third-order valence-electron chi connectivity index (χ3n) is 4.38. The van der Waals surface area contributed by atoms with Crippen LogP contribution in [0.3, 0.4) is 0 Å². The molecule has 0 spiro atoms. The average molecular weight is 363 g/mol. The van der Waals surface area contributed by atoms with Crippen molar-refractivity contribution >= 4 is 23.5 Å². The molecule has 1 atom stereocenters. The van der Waals surface area contributed by atoms with Crippen LogP contribution in [0.4, 0.5) is 0 Å². The van der Waals surface area contributed by atoms with Gasteiger partial charge in [-0.1, -0.05) is 41.8 Å². The highest BCUT2D eigenvalue weighted by molar-refractivity contribution is 6.30. The van der Waals surface area contributed by atoms with Gasteiger partial charge in [-0.05, 0) is 30.5 Å². The minimum absolute atomic E-state index is 0.00488. The third kappa shape index (κ3) is 4.17. The fourth-order valence-corrected chi connectivity index (χ4v) is 3.27. The summed E-state index contributed by atoms with van der Waals surface area (Å²) < 4.78 is 1.27. The number of benzene rings is 1. The molecule has 1 aliphatic rings. The van der Waals surface area contributed by atoms with Gasteiger partial charge < -0.3 is 10.0 Å². The largest absolute Gasteiger partial charge is 0.476 e. The molecular formula is C17H19ClN4O3. The van der Waals surface area contributed by atoms with Gasteiger partial charge in [-0.3, -0.25) is 4.79 Å². The lowest BCUT2D eigenvalue weighted by molar-refractivity contribution is -0.134. The van der Waals surface area contributed by atoms with Crippen LogP contribution in [-0.2, 0) is 11.3 Å². The summed E-state index contributed by atoms with van der Waals surface area (Å²) in [6.07, 6.45) is 5.26. The number of hydrogen-bond donors (Lipinski definition) is 1. The van der Waals surface area contributed by atoms with Crippen molar-refractivity contribution in [2.24, 2.45) is 0 Å². The zero-order valence-electron chi connectivity index (χ0n) is 13.6. The molecule has 1 aromatic heterocycles. The summed E-state index contributed by atoms with van der Waals surface area (Å²) >= 11 is 5.97. The first-order valence-electron chi connectivity index (χ1n) is 8.23. The van der Waals surface area contributed by atoms with E-state index in [0.717, 1.165) is 31.2 Å². The predicted octanol–water partition coefficient (Wildman–Crippen LogP) is 2.77. The number of halogens is 1. The highest BCUT2D eigenvalue weighted by atomic mass is 35.5. The number of hydrogen-bond acceptors (Lipinski definition) is 4. The highest BCUT2D eigenvalue weighted by Crippen LogP contribution is 2.31. The van der Waals surface area contributed by atoms with Crippen LogP contribution in [0, 0.1) is 0 Å². The molecule has 0 saturated carbocycles. The number of amides is 1. The minimum Gasteiger partial charge on any atom is -0.476 e. The summed E-state index contributed by atoms with van der Waals surface area (Å²) in [5, 5.41) is 16.8. The van der Waals surface area contributed by atoms with E-state index in [-0.39, 0.29) is 24.2 Å². The molecule has 2 heterocycles. The predicted molar refractivity (Wildman–Crippen MR) is 91.4 cm³/mol. The molecule has 1 aliphatic heterocycles. The van der Waals surface area contributed by atoms with Gasteiger partial charge >= 0.3 is 5.97 Å². The Bertz CT molecular complexity index is 760. The summed E-state index contributed by atoms with van der Waals surface area (Å²) in [5.41, 5.74) is 0.891. The monoisotopic (exact) mass is 362 g/mol. The van der Waals surface area contributed by atoms with Crippen molar-refractivity contribution in [1.29, 1.82) is 0 Å². The molecule has 0 bridgehead atoms. The Morgan fingerprint density at radius 2 is 1.96 bits per heavy atom. The van der Waals surface area contributed by atoms with Crippen molar-refractivity contribution in [3.63, 3.8) is 0 Å². The van der Waals surface area contributed by atoms with E-state index in [0.29, 0.717) is 11.6 Å². The zero-order valence-corrected chi connectivity index (χ0v) is 14.4. The lowest BCUT2D eigenvalue weighted by atomic mass is 10.0. The summed E-state index contributed by atoms with van der Waals surface area (Å²) in [6.45, 7) is 0.650. The number of aromatic nitrogens is 3. The molecule has 1 fully saturated rings. The quantitative estimate of drug-likeness (QED) is 0.903. The number of carbonyl (C=O) groups excluding carboxylic acids is 1. The van der Waals surface area contributed by atoms with E-state index in [4.69, 9.17) is 16.7 Å². The van der Waals surface area contributed by atoms with Gasteiger partial charge in [0.25, 0.3) is 0 Å². The fraction of sp³-hybridized carbons (Fsp3) is 0.412. The Morgan fingerprint density at radius 3 is 2.64 bits per heavy atom. The maximum absolute atomic E-state index is 12.8. The lowest BCUT2D eigenvalue weighted by Gasteiger charge is -2.30. The lowest BCUT2D eigenvalue weighted by Crippen LogP contribution is -2.37. The van der Waals surface area contributed by atoms with E-state index in [1.165, 1.54) is 10.9 Å². The Morgan fingerprint density at radius 1 is 1.20 bits per heavy atom. The molecule has 1 amide bonds. The van der Waals surface area contributed by atoms with Crippen LogP contribution >= 0.6 is 11.6 Å². The Hall–Kier alpha value is -2.41. The van der Waals surface area contributed by atoms with Gasteiger partial charge in [-0.2, -0.15) is 0 Å². The van der Waals surface area contributed by atoms with Crippen molar-refractivity contribution in [3.8, 4) is 0 Å². The van der Waals surface area contributed by atoms with Crippen LogP contribution in [-0.4, -0.2) is 43.4 Å². The second-order valence-corrected chi connectivity index (χ2v) is 6.55. The SMILES string of the molecule is O=C(O)c1cn(CC(=O)N2CCCCCC2c2ccc(Cl)cc2)nn1. The van der Waals surface area contributed by atoms with Crippen molar-refractivity contribution < 1.29 is 14.7 Å². The number of rotatable bonds is 4. The van der Waals surface area contributed by atoms with Crippen LogP contribution < -0.4 is 0 Å². The van der Waals surface area contributed by atoms with Crippen LogP contribution in [0.2, 0.25) is 5.02 Å². The summed E-state index contributed by atoms with van der Waals surface area (Å²) in [6, 6.07) is 7.57. The first-order chi connectivity index (χ1) is 12.0. The number of carbonyl (C=O) groups is 2. The Labute approximate surface area is 150 Å². The van der Waals surface area contributed by atoms with Crippen LogP contribution in [0.15, 0.2) is 30.5 Å². The maximum Gasteiger partial charge on any atom is 0.358 e. The first kappa shape index (κ1) is 17.4. The minimum atomic E-state index is -1.16. The zero-order chi connectivity index (χ0) is 17.8. The standard InChI is InChI=1S/C17H19ClN4O3/c18-13-7-5-12(6-8-13)15-4-2-1-3-9-22(15)16(23)11-21-10-14(17(24)25)19-20-21/h5-8,10,15H,1-4,9,11H2,(H,24,25). The van der Waals surface area contributed by atoms with Crippen molar-refractivity contribution in [1.82, 2.24) is 19.9 Å². The topological polar surface area (TPSA) is 88.3 Å². The van der Waals surface area contributed by atoms with Gasteiger partial charge in [0.1, 0.15) is 6.54 Å². The van der Waals surface area contributed by atoms with E-state index in [2.05, 4.69) is 10.3 Å². The van der Waals surface area contributed by atoms with Gasteiger partial charge in [0.2, 0.25) is 5.91 Å². The average Bonchev–Trinajstić information content (AvgIpc) is 2.91. The molecule has 1 saturated heterocycles. The van der Waals surface area contributed by atoms with E-state index < -0.39 is 5.97 Å². The number of nitrogens with zero attached hydrogens (tertiary/aromatic N) is 4. The second-order valence-electron chi connectivity index (χ2n) is 6.11. The van der Waals surface area contributed by atoms with Crippen LogP contribution in [0.1, 0.15) is 47.8 Å². The van der Waals surface area contributed by atoms with Crippen LogP contribution in [0.5, 0.6) is 0 Å². The van der Waals surface area contributed by atoms with Gasteiger partial charge in [-0.25, -0.2) is 9.48 Å². The van der Waals surface area contributed by atoms with E-state index in [9.17, 15) is 9.59 Å². The van der Waals surface area contributed by atoms with Gasteiger partial charge in [0.05, 0.1) is 12.2 Å². The third-order valence-corrected chi connectivity index (χ3v) is 4.63. The van der Waals surface area contributed by atoms with Gasteiger partial charge in [0.15, 0.2) is 5.69 Å². The molecule has 7 nitrogen and oxygen atoms in total. The number of likely N-dealkylation sites (tertiary alicyclic amines) is 1. The molecule has 0 aliphatic carbocycles. The Kier molecular flexibility index (Phi) is 5.33. The molecule has 1 N–H and O–H groups in total. The van der Waals surface area contributed by atoms with E-state index in [1.807, 2.05) is 29.2 Å². The molecule has 3 rings (SSSR count). The normalized spacial score (nSPS) is 18.0. The Balaban J connectivity index is 1.78.